The lowest BCUT2D eigenvalue weighted by Gasteiger charge is -2.09. The monoisotopic (exact) mass is 384 g/mol. The molecule has 0 aliphatic heterocycles. The maximum absolute atomic E-state index is 6.29. The third-order valence-corrected chi connectivity index (χ3v) is 6.03. The van der Waals surface area contributed by atoms with Crippen LogP contribution in [-0.4, -0.2) is 9.55 Å². The molecule has 7 rings (SSSR count). The summed E-state index contributed by atoms with van der Waals surface area (Å²) in [7, 11) is 0. The van der Waals surface area contributed by atoms with E-state index in [2.05, 4.69) is 71.3 Å². The highest BCUT2D eigenvalue weighted by atomic mass is 16.3. The number of benzene rings is 4. The van der Waals surface area contributed by atoms with E-state index in [0.717, 1.165) is 44.0 Å². The minimum absolute atomic E-state index is 0.894. The number of hydrogen-bond donors (Lipinski definition) is 0. The van der Waals surface area contributed by atoms with Gasteiger partial charge < -0.3 is 8.98 Å². The highest BCUT2D eigenvalue weighted by Crippen LogP contribution is 2.39. The fraction of sp³-hybridized carbons (Fsp3) is 0. The lowest BCUT2D eigenvalue weighted by molar-refractivity contribution is 0.672. The summed E-state index contributed by atoms with van der Waals surface area (Å²) in [5, 5.41) is 5.62. The molecule has 3 heterocycles. The predicted octanol–water partition coefficient (Wildman–Crippen LogP) is 7.23. The number of nitrogens with zero attached hydrogens (tertiary/aromatic N) is 2. The summed E-state index contributed by atoms with van der Waals surface area (Å²) in [6, 6.07) is 31.5. The van der Waals surface area contributed by atoms with Crippen LogP contribution in [0.2, 0.25) is 0 Å². The van der Waals surface area contributed by atoms with Gasteiger partial charge >= 0.3 is 0 Å². The Bertz CT molecular complexity index is 1740. The van der Waals surface area contributed by atoms with Crippen molar-refractivity contribution in [1.82, 2.24) is 9.55 Å². The first kappa shape index (κ1) is 15.8. The van der Waals surface area contributed by atoms with Gasteiger partial charge in [-0.05, 0) is 30.3 Å². The summed E-state index contributed by atoms with van der Waals surface area (Å²) in [6.45, 7) is 0. The van der Waals surface area contributed by atoms with Crippen LogP contribution in [0.1, 0.15) is 0 Å². The van der Waals surface area contributed by atoms with Crippen molar-refractivity contribution in [3.8, 4) is 5.69 Å². The summed E-state index contributed by atoms with van der Waals surface area (Å²) < 4.78 is 8.60. The fourth-order valence-electron chi connectivity index (χ4n) is 4.72. The molecule has 3 heteroatoms. The highest BCUT2D eigenvalue weighted by Gasteiger charge is 2.18. The molecule has 7 aromatic rings. The minimum atomic E-state index is 0.894. The Morgan fingerprint density at radius 1 is 0.600 bits per heavy atom. The van der Waals surface area contributed by atoms with Crippen LogP contribution < -0.4 is 0 Å². The Hall–Kier alpha value is -4.11. The quantitative estimate of drug-likeness (QED) is 0.299. The van der Waals surface area contributed by atoms with E-state index in [9.17, 15) is 0 Å². The molecule has 0 fully saturated rings. The lowest BCUT2D eigenvalue weighted by Crippen LogP contribution is -1.94. The van der Waals surface area contributed by atoms with E-state index in [4.69, 9.17) is 9.40 Å². The lowest BCUT2D eigenvalue weighted by atomic mass is 10.1. The van der Waals surface area contributed by atoms with E-state index in [-0.39, 0.29) is 0 Å². The molecule has 30 heavy (non-hydrogen) atoms. The molecule has 0 bridgehead atoms. The summed E-state index contributed by atoms with van der Waals surface area (Å²) in [4.78, 5) is 4.96. The molecular weight excluding hydrogens is 368 g/mol. The van der Waals surface area contributed by atoms with Gasteiger partial charge in [0.15, 0.2) is 0 Å². The van der Waals surface area contributed by atoms with Crippen LogP contribution in [0, 0.1) is 0 Å². The first-order chi connectivity index (χ1) is 14.9. The Labute approximate surface area is 171 Å². The molecule has 3 aromatic heterocycles. The maximum atomic E-state index is 6.29. The number of rotatable bonds is 1. The van der Waals surface area contributed by atoms with E-state index in [1.165, 1.54) is 16.3 Å². The molecule has 0 N–H and O–H groups in total. The van der Waals surface area contributed by atoms with Crippen LogP contribution in [0.15, 0.2) is 102 Å². The van der Waals surface area contributed by atoms with Gasteiger partial charge in [0.2, 0.25) is 0 Å². The van der Waals surface area contributed by atoms with Gasteiger partial charge in [0, 0.05) is 38.8 Å². The molecule has 140 valence electrons. The third kappa shape index (κ3) is 1.96. The molecule has 0 amide bonds. The molecule has 4 aromatic carbocycles. The van der Waals surface area contributed by atoms with Crippen molar-refractivity contribution in [1.29, 1.82) is 0 Å². The normalized spacial score (nSPS) is 12.0. The standard InChI is InChI=1S/C27H16N2O/c1-2-8-17(9-3-1)29-23-12-6-4-10-18(23)20-14-15-21-25(26(20)29)28-16-22-19-11-5-7-13-24(19)30-27(21)22/h1-16H. The predicted molar refractivity (Wildman–Crippen MR) is 123 cm³/mol. The van der Waals surface area contributed by atoms with Crippen molar-refractivity contribution in [3.63, 3.8) is 0 Å². The first-order valence-electron chi connectivity index (χ1n) is 10.1. The van der Waals surface area contributed by atoms with Gasteiger partial charge in [-0.25, -0.2) is 0 Å². The second-order valence-corrected chi connectivity index (χ2v) is 7.65. The Balaban J connectivity index is 1.73. The van der Waals surface area contributed by atoms with Crippen LogP contribution in [0.5, 0.6) is 0 Å². The molecule has 0 saturated carbocycles. The second-order valence-electron chi connectivity index (χ2n) is 7.65. The number of pyridine rings is 1. The second kappa shape index (κ2) is 5.71. The number of fused-ring (bicyclic) bond motifs is 9. The molecule has 0 atom stereocenters. The van der Waals surface area contributed by atoms with E-state index in [1.54, 1.807) is 0 Å². The van der Waals surface area contributed by atoms with Crippen LogP contribution in [0.3, 0.4) is 0 Å². The minimum Gasteiger partial charge on any atom is -0.455 e. The molecule has 0 radical (unpaired) electrons. The number of para-hydroxylation sites is 3. The SMILES string of the molecule is c1ccc(-n2c3ccccc3c3ccc4c(ncc5c6ccccc6oc54)c32)cc1. The smallest absolute Gasteiger partial charge is 0.146 e. The van der Waals surface area contributed by atoms with E-state index >= 15 is 0 Å². The zero-order valence-corrected chi connectivity index (χ0v) is 16.0. The van der Waals surface area contributed by atoms with Crippen LogP contribution in [0.4, 0.5) is 0 Å². The molecule has 0 spiro atoms. The molecule has 0 aliphatic rings. The van der Waals surface area contributed by atoms with Crippen molar-refractivity contribution in [2.24, 2.45) is 0 Å². The van der Waals surface area contributed by atoms with E-state index < -0.39 is 0 Å². The summed E-state index contributed by atoms with van der Waals surface area (Å²) in [5.41, 5.74) is 6.17. The summed E-state index contributed by atoms with van der Waals surface area (Å²) in [5.74, 6) is 0. The number of furan rings is 1. The van der Waals surface area contributed by atoms with Crippen LogP contribution >= 0.6 is 0 Å². The van der Waals surface area contributed by atoms with Crippen molar-refractivity contribution in [2.45, 2.75) is 0 Å². The van der Waals surface area contributed by atoms with Crippen molar-refractivity contribution in [2.75, 3.05) is 0 Å². The Kier molecular flexibility index (Phi) is 3.00. The molecular formula is C27H16N2O. The summed E-state index contributed by atoms with van der Waals surface area (Å²) in [6.07, 6.45) is 1.95. The van der Waals surface area contributed by atoms with Gasteiger partial charge in [0.05, 0.1) is 16.6 Å². The molecule has 0 aliphatic carbocycles. The zero-order chi connectivity index (χ0) is 19.7. The van der Waals surface area contributed by atoms with Gasteiger partial charge in [-0.2, -0.15) is 0 Å². The van der Waals surface area contributed by atoms with Crippen LogP contribution in [-0.2, 0) is 0 Å². The zero-order valence-electron chi connectivity index (χ0n) is 16.0. The average Bonchev–Trinajstić information content (AvgIpc) is 3.36. The molecule has 3 nitrogen and oxygen atoms in total. The number of hydrogen-bond acceptors (Lipinski definition) is 2. The van der Waals surface area contributed by atoms with Gasteiger partial charge in [0.1, 0.15) is 11.2 Å². The van der Waals surface area contributed by atoms with Gasteiger partial charge in [-0.1, -0.05) is 60.7 Å². The van der Waals surface area contributed by atoms with Crippen molar-refractivity contribution < 1.29 is 4.42 Å². The first-order valence-corrected chi connectivity index (χ1v) is 10.1. The van der Waals surface area contributed by atoms with Gasteiger partial charge in [-0.15, -0.1) is 0 Å². The Morgan fingerprint density at radius 3 is 2.23 bits per heavy atom. The molecule has 0 unspecified atom stereocenters. The highest BCUT2D eigenvalue weighted by molar-refractivity contribution is 6.22. The Morgan fingerprint density at radius 2 is 1.33 bits per heavy atom. The number of aromatic nitrogens is 2. The van der Waals surface area contributed by atoms with E-state index in [0.29, 0.717) is 0 Å². The topological polar surface area (TPSA) is 31.0 Å². The largest absolute Gasteiger partial charge is 0.455 e. The molecule has 0 saturated heterocycles. The van der Waals surface area contributed by atoms with Crippen molar-refractivity contribution >= 4 is 54.6 Å². The van der Waals surface area contributed by atoms with Gasteiger partial charge in [0.25, 0.3) is 0 Å². The third-order valence-electron chi connectivity index (χ3n) is 6.03. The average molecular weight is 384 g/mol. The summed E-state index contributed by atoms with van der Waals surface area (Å²) >= 11 is 0. The fourth-order valence-corrected chi connectivity index (χ4v) is 4.72. The maximum Gasteiger partial charge on any atom is 0.146 e. The van der Waals surface area contributed by atoms with E-state index in [1.807, 2.05) is 30.5 Å². The van der Waals surface area contributed by atoms with Crippen molar-refractivity contribution in [3.05, 3.63) is 97.2 Å². The van der Waals surface area contributed by atoms with Crippen LogP contribution in [0.25, 0.3) is 60.3 Å². The van der Waals surface area contributed by atoms with Gasteiger partial charge in [-0.3, -0.25) is 4.98 Å².